The molecule has 8 nitrogen and oxygen atoms in total. The van der Waals surface area contributed by atoms with E-state index in [2.05, 4.69) is 20.9 Å². The number of hydrogen-bond acceptors (Lipinski definition) is 6. The molecular formula is C14H24N6O2. The fourth-order valence-corrected chi connectivity index (χ4v) is 1.86. The summed E-state index contributed by atoms with van der Waals surface area (Å²) in [6.07, 6.45) is 3.49. The monoisotopic (exact) mass is 308 g/mol. The van der Waals surface area contributed by atoms with Gasteiger partial charge in [-0.1, -0.05) is 6.07 Å². The molecule has 0 unspecified atom stereocenters. The normalized spacial score (nSPS) is 10.2. The number of rotatable bonds is 12. The van der Waals surface area contributed by atoms with Crippen LogP contribution >= 0.6 is 0 Å². The van der Waals surface area contributed by atoms with Crippen molar-refractivity contribution in [3.05, 3.63) is 35.0 Å². The molecule has 122 valence electrons. The second-order valence-corrected chi connectivity index (χ2v) is 4.80. The lowest BCUT2D eigenvalue weighted by Crippen LogP contribution is -2.35. The van der Waals surface area contributed by atoms with E-state index in [4.69, 9.17) is 5.73 Å². The van der Waals surface area contributed by atoms with E-state index in [0.29, 0.717) is 26.2 Å². The molecule has 0 aromatic carbocycles. The highest BCUT2D eigenvalue weighted by atomic mass is 16.3. The molecule has 0 aliphatic heterocycles. The second-order valence-electron chi connectivity index (χ2n) is 4.80. The number of nitrogens with two attached hydrogens (primary N) is 1. The fraction of sp³-hybridized carbons (Fsp3) is 0.571. The number of nitroso groups, excluding NO2 is 1. The molecule has 1 rings (SSSR count). The van der Waals surface area contributed by atoms with Crippen LogP contribution in [0.1, 0.15) is 18.5 Å². The molecule has 1 aromatic heterocycles. The molecule has 22 heavy (non-hydrogen) atoms. The van der Waals surface area contributed by atoms with E-state index in [1.807, 2.05) is 18.2 Å². The van der Waals surface area contributed by atoms with Crippen LogP contribution < -0.4 is 16.4 Å². The Morgan fingerprint density at radius 1 is 1.27 bits per heavy atom. The maximum atomic E-state index is 10.9. The average molecular weight is 308 g/mol. The van der Waals surface area contributed by atoms with Gasteiger partial charge >= 0.3 is 0 Å². The highest BCUT2D eigenvalue weighted by molar-refractivity contribution is 5.77. The van der Waals surface area contributed by atoms with Gasteiger partial charge < -0.3 is 16.4 Å². The van der Waals surface area contributed by atoms with Crippen LogP contribution in [0.3, 0.4) is 0 Å². The highest BCUT2D eigenvalue weighted by Crippen LogP contribution is 2.03. The van der Waals surface area contributed by atoms with Gasteiger partial charge in [0.1, 0.15) is 0 Å². The molecule has 0 aliphatic rings. The van der Waals surface area contributed by atoms with Gasteiger partial charge in [-0.3, -0.25) is 14.8 Å². The van der Waals surface area contributed by atoms with Crippen LogP contribution in [0.5, 0.6) is 0 Å². The number of pyridine rings is 1. The van der Waals surface area contributed by atoms with E-state index in [0.717, 1.165) is 25.1 Å². The highest BCUT2D eigenvalue weighted by Gasteiger charge is 2.04. The van der Waals surface area contributed by atoms with E-state index in [-0.39, 0.29) is 12.5 Å². The van der Waals surface area contributed by atoms with E-state index < -0.39 is 0 Å². The maximum absolute atomic E-state index is 10.9. The van der Waals surface area contributed by atoms with Crippen molar-refractivity contribution in [1.29, 1.82) is 0 Å². The number of aromatic nitrogens is 1. The van der Waals surface area contributed by atoms with Crippen LogP contribution in [0.15, 0.2) is 29.7 Å². The zero-order chi connectivity index (χ0) is 16.0. The molecule has 0 aliphatic carbocycles. The summed E-state index contributed by atoms with van der Waals surface area (Å²) in [5.74, 6) is -0.149. The molecule has 0 fully saturated rings. The number of hydrogen-bond donors (Lipinski definition) is 3. The molecule has 0 spiro atoms. The van der Waals surface area contributed by atoms with E-state index in [1.165, 1.54) is 5.01 Å². The Bertz CT molecular complexity index is 429. The van der Waals surface area contributed by atoms with Gasteiger partial charge in [0.15, 0.2) is 0 Å². The van der Waals surface area contributed by atoms with Crippen LogP contribution in [0, 0.1) is 4.91 Å². The van der Waals surface area contributed by atoms with Gasteiger partial charge in [-0.2, -0.15) is 0 Å². The zero-order valence-electron chi connectivity index (χ0n) is 12.7. The number of nitrogens with one attached hydrogen (secondary N) is 2. The molecule has 0 saturated heterocycles. The third-order valence-corrected chi connectivity index (χ3v) is 3.02. The van der Waals surface area contributed by atoms with Crippen LogP contribution in [-0.4, -0.2) is 48.6 Å². The Balaban J connectivity index is 2.03. The van der Waals surface area contributed by atoms with Crippen molar-refractivity contribution in [2.24, 2.45) is 11.0 Å². The third kappa shape index (κ3) is 8.28. The lowest BCUT2D eigenvalue weighted by molar-refractivity contribution is -0.119. The zero-order valence-corrected chi connectivity index (χ0v) is 12.7. The van der Waals surface area contributed by atoms with Gasteiger partial charge in [0.25, 0.3) is 0 Å². The Labute approximate surface area is 130 Å². The van der Waals surface area contributed by atoms with Crippen molar-refractivity contribution in [2.45, 2.75) is 19.4 Å². The topological polar surface area (TPSA) is 113 Å². The minimum atomic E-state index is -0.149. The van der Waals surface area contributed by atoms with Crippen molar-refractivity contribution in [3.63, 3.8) is 0 Å². The molecular weight excluding hydrogens is 284 g/mol. The predicted molar refractivity (Wildman–Crippen MR) is 84.6 cm³/mol. The summed E-state index contributed by atoms with van der Waals surface area (Å²) in [5.41, 5.74) is 6.00. The van der Waals surface area contributed by atoms with E-state index in [9.17, 15) is 9.70 Å². The standard InChI is InChI=1S/C14H24N6O2/c15-11-14(21)18-9-8-16-6-3-4-10-20(19-22)12-13-5-1-2-7-17-13/h1-2,5,7,16H,3-4,6,8-12,15H2,(H,18,21). The van der Waals surface area contributed by atoms with Gasteiger partial charge in [0.2, 0.25) is 5.91 Å². The molecule has 0 bridgehead atoms. The van der Waals surface area contributed by atoms with Gasteiger partial charge in [0, 0.05) is 25.8 Å². The van der Waals surface area contributed by atoms with Gasteiger partial charge in [-0.05, 0) is 31.5 Å². The molecule has 1 heterocycles. The summed E-state index contributed by atoms with van der Waals surface area (Å²) >= 11 is 0. The van der Waals surface area contributed by atoms with Crippen molar-refractivity contribution >= 4 is 5.91 Å². The quantitative estimate of drug-likeness (QED) is 0.285. The minimum Gasteiger partial charge on any atom is -0.354 e. The SMILES string of the molecule is NCC(=O)NCCNCCCCN(Cc1ccccn1)N=O. The summed E-state index contributed by atoms with van der Waals surface area (Å²) in [4.78, 5) is 25.8. The first-order valence-electron chi connectivity index (χ1n) is 7.42. The van der Waals surface area contributed by atoms with Crippen LogP contribution in [0.25, 0.3) is 0 Å². The number of unbranched alkanes of at least 4 members (excludes halogenated alkanes) is 1. The van der Waals surface area contributed by atoms with Gasteiger partial charge in [-0.15, -0.1) is 4.91 Å². The molecule has 0 atom stereocenters. The summed E-state index contributed by atoms with van der Waals surface area (Å²) in [7, 11) is 0. The van der Waals surface area contributed by atoms with Crippen molar-refractivity contribution in [2.75, 3.05) is 32.7 Å². The lowest BCUT2D eigenvalue weighted by Gasteiger charge is -2.14. The Kier molecular flexibility index (Phi) is 9.47. The molecule has 1 amide bonds. The number of nitrogens with zero attached hydrogens (tertiary/aromatic N) is 3. The van der Waals surface area contributed by atoms with E-state index >= 15 is 0 Å². The Morgan fingerprint density at radius 3 is 2.82 bits per heavy atom. The third-order valence-electron chi connectivity index (χ3n) is 3.02. The molecule has 4 N–H and O–H groups in total. The Hall–Kier alpha value is -2.06. The van der Waals surface area contributed by atoms with Crippen molar-refractivity contribution < 1.29 is 4.79 Å². The summed E-state index contributed by atoms with van der Waals surface area (Å²) in [6, 6.07) is 5.60. The molecule has 0 radical (unpaired) electrons. The number of carbonyl (C=O) groups is 1. The lowest BCUT2D eigenvalue weighted by atomic mass is 10.3. The summed E-state index contributed by atoms with van der Waals surface area (Å²) in [5, 5.41) is 10.4. The van der Waals surface area contributed by atoms with Crippen LogP contribution in [0.2, 0.25) is 0 Å². The summed E-state index contributed by atoms with van der Waals surface area (Å²) in [6.45, 7) is 3.15. The van der Waals surface area contributed by atoms with Crippen LogP contribution in [-0.2, 0) is 11.3 Å². The minimum absolute atomic E-state index is 0.0187. The first-order valence-corrected chi connectivity index (χ1v) is 7.42. The number of carbonyl (C=O) groups excluding carboxylic acids is 1. The fourth-order valence-electron chi connectivity index (χ4n) is 1.86. The van der Waals surface area contributed by atoms with E-state index in [1.54, 1.807) is 6.20 Å². The second kappa shape index (κ2) is 11.6. The summed E-state index contributed by atoms with van der Waals surface area (Å²) < 4.78 is 0. The predicted octanol–water partition coefficient (Wildman–Crippen LogP) is 0.00970. The van der Waals surface area contributed by atoms with Crippen molar-refractivity contribution in [1.82, 2.24) is 20.6 Å². The van der Waals surface area contributed by atoms with Gasteiger partial charge in [-0.25, -0.2) is 0 Å². The number of amides is 1. The average Bonchev–Trinajstić information content (AvgIpc) is 2.56. The molecule has 8 heteroatoms. The van der Waals surface area contributed by atoms with Crippen LogP contribution in [0.4, 0.5) is 0 Å². The molecule has 0 saturated carbocycles. The van der Waals surface area contributed by atoms with Gasteiger partial charge in [0.05, 0.1) is 24.1 Å². The Morgan fingerprint density at radius 2 is 2.14 bits per heavy atom. The maximum Gasteiger partial charge on any atom is 0.233 e. The molecule has 1 aromatic rings. The largest absolute Gasteiger partial charge is 0.354 e. The smallest absolute Gasteiger partial charge is 0.233 e. The van der Waals surface area contributed by atoms with Crippen molar-refractivity contribution in [3.8, 4) is 0 Å². The first kappa shape index (κ1) is 18.0. The first-order chi connectivity index (χ1) is 10.8.